The molecule has 72 valence electrons. The van der Waals surface area contributed by atoms with Crippen LogP contribution in [-0.4, -0.2) is 15.5 Å². The largest absolute Gasteiger partial charge is 0.325 e. The maximum Gasteiger partial charge on any atom is 0.0757 e. The second-order valence-corrected chi connectivity index (χ2v) is 4.70. The van der Waals surface area contributed by atoms with Gasteiger partial charge in [0.25, 0.3) is 0 Å². The lowest BCUT2D eigenvalue weighted by molar-refractivity contribution is 0.688. The molecule has 0 radical (unpaired) electrons. The Balaban J connectivity index is 2.20. The van der Waals surface area contributed by atoms with E-state index >= 15 is 0 Å². The normalized spacial score (nSPS) is 22.5. The van der Waals surface area contributed by atoms with Crippen LogP contribution in [0.4, 0.5) is 0 Å². The van der Waals surface area contributed by atoms with Gasteiger partial charge >= 0.3 is 0 Å². The average molecular weight is 197 g/mol. The van der Waals surface area contributed by atoms with Crippen molar-refractivity contribution >= 4 is 11.8 Å². The van der Waals surface area contributed by atoms with Gasteiger partial charge in [0.1, 0.15) is 0 Å². The molecule has 1 atom stereocenters. The van der Waals surface area contributed by atoms with Crippen molar-refractivity contribution in [3.05, 3.63) is 17.5 Å². The van der Waals surface area contributed by atoms with Crippen LogP contribution in [-0.2, 0) is 13.6 Å². The van der Waals surface area contributed by atoms with Crippen molar-refractivity contribution < 1.29 is 0 Å². The molecule has 2 heterocycles. The summed E-state index contributed by atoms with van der Waals surface area (Å²) in [5, 5.41) is 5.10. The number of thioether (sulfide) groups is 1. The van der Waals surface area contributed by atoms with Crippen LogP contribution in [0.5, 0.6) is 0 Å². The molecule has 0 aromatic carbocycles. The number of hydrogen-bond acceptors (Lipinski definition) is 3. The average Bonchev–Trinajstić information content (AvgIpc) is 2.71. The highest BCUT2D eigenvalue weighted by molar-refractivity contribution is 7.99. The van der Waals surface area contributed by atoms with E-state index < -0.39 is 0 Å². The molecule has 3 nitrogen and oxygen atoms in total. The Labute approximate surface area is 82.7 Å². The molecule has 0 bridgehead atoms. The van der Waals surface area contributed by atoms with Crippen molar-refractivity contribution in [3.63, 3.8) is 0 Å². The molecule has 4 heteroatoms. The molecule has 1 saturated heterocycles. The molecule has 2 rings (SSSR count). The summed E-state index contributed by atoms with van der Waals surface area (Å²) in [6, 6.07) is 2.14. The number of hydrogen-bond donors (Lipinski definition) is 1. The number of nitrogens with two attached hydrogens (primary N) is 1. The molecule has 1 aliphatic rings. The number of rotatable bonds is 2. The Morgan fingerprint density at radius 1 is 1.77 bits per heavy atom. The van der Waals surface area contributed by atoms with Gasteiger partial charge < -0.3 is 5.73 Å². The molecule has 1 aromatic rings. The second kappa shape index (κ2) is 3.72. The van der Waals surface area contributed by atoms with Gasteiger partial charge in [-0.1, -0.05) is 0 Å². The number of aryl methyl sites for hydroxylation is 1. The van der Waals surface area contributed by atoms with Crippen molar-refractivity contribution in [2.24, 2.45) is 12.8 Å². The topological polar surface area (TPSA) is 43.8 Å². The van der Waals surface area contributed by atoms with Gasteiger partial charge in [0.15, 0.2) is 0 Å². The van der Waals surface area contributed by atoms with Gasteiger partial charge in [-0.3, -0.25) is 4.68 Å². The van der Waals surface area contributed by atoms with Crippen LogP contribution in [0.1, 0.15) is 29.5 Å². The zero-order valence-electron chi connectivity index (χ0n) is 7.86. The first-order valence-corrected chi connectivity index (χ1v) is 5.70. The van der Waals surface area contributed by atoms with Gasteiger partial charge in [-0.2, -0.15) is 16.9 Å². The summed E-state index contributed by atoms with van der Waals surface area (Å²) in [7, 11) is 1.96. The molecule has 13 heavy (non-hydrogen) atoms. The monoisotopic (exact) mass is 197 g/mol. The zero-order valence-corrected chi connectivity index (χ0v) is 8.68. The van der Waals surface area contributed by atoms with Crippen LogP contribution in [0.25, 0.3) is 0 Å². The number of nitrogens with zero attached hydrogens (tertiary/aromatic N) is 2. The van der Waals surface area contributed by atoms with Gasteiger partial charge in [-0.05, 0) is 24.7 Å². The molecule has 1 unspecified atom stereocenters. The van der Waals surface area contributed by atoms with Crippen molar-refractivity contribution in [1.82, 2.24) is 9.78 Å². The second-order valence-electron chi connectivity index (χ2n) is 3.39. The third-order valence-electron chi connectivity index (χ3n) is 2.46. The molecule has 1 aromatic heterocycles. The van der Waals surface area contributed by atoms with Crippen LogP contribution < -0.4 is 5.73 Å². The molecule has 0 aliphatic carbocycles. The Kier molecular flexibility index (Phi) is 2.60. The van der Waals surface area contributed by atoms with E-state index in [0.717, 1.165) is 5.69 Å². The Morgan fingerprint density at radius 2 is 2.62 bits per heavy atom. The van der Waals surface area contributed by atoms with Crippen LogP contribution in [0.2, 0.25) is 0 Å². The summed E-state index contributed by atoms with van der Waals surface area (Å²) in [4.78, 5) is 0. The SMILES string of the molecule is Cn1nc(C2CCCS2)cc1CN. The number of aromatic nitrogens is 2. The quantitative estimate of drug-likeness (QED) is 0.780. The maximum absolute atomic E-state index is 5.60. The van der Waals surface area contributed by atoms with E-state index in [1.807, 2.05) is 23.5 Å². The minimum atomic E-state index is 0.584. The predicted molar refractivity (Wildman–Crippen MR) is 55.5 cm³/mol. The third kappa shape index (κ3) is 1.74. The van der Waals surface area contributed by atoms with E-state index in [-0.39, 0.29) is 0 Å². The minimum Gasteiger partial charge on any atom is -0.325 e. The summed E-state index contributed by atoms with van der Waals surface area (Å²) >= 11 is 2.01. The minimum absolute atomic E-state index is 0.584. The van der Waals surface area contributed by atoms with E-state index in [2.05, 4.69) is 11.2 Å². The maximum atomic E-state index is 5.60. The van der Waals surface area contributed by atoms with E-state index in [0.29, 0.717) is 11.8 Å². The van der Waals surface area contributed by atoms with Crippen molar-refractivity contribution in [3.8, 4) is 0 Å². The molecule has 0 saturated carbocycles. The van der Waals surface area contributed by atoms with Crippen molar-refractivity contribution in [1.29, 1.82) is 0 Å². The smallest absolute Gasteiger partial charge is 0.0757 e. The zero-order chi connectivity index (χ0) is 9.26. The third-order valence-corrected chi connectivity index (χ3v) is 3.87. The first-order chi connectivity index (χ1) is 6.31. The van der Waals surface area contributed by atoms with Crippen molar-refractivity contribution in [2.45, 2.75) is 24.6 Å². The van der Waals surface area contributed by atoms with Crippen LogP contribution in [0.15, 0.2) is 6.07 Å². The predicted octanol–water partition coefficient (Wildman–Crippen LogP) is 1.45. The fraction of sp³-hybridized carbons (Fsp3) is 0.667. The first-order valence-electron chi connectivity index (χ1n) is 4.65. The molecule has 2 N–H and O–H groups in total. The lowest BCUT2D eigenvalue weighted by Gasteiger charge is -2.01. The van der Waals surface area contributed by atoms with Gasteiger partial charge in [0.05, 0.1) is 11.4 Å². The standard InChI is InChI=1S/C9H15N3S/c1-12-7(6-10)5-8(11-12)9-3-2-4-13-9/h5,9H,2-4,6,10H2,1H3. The van der Waals surface area contributed by atoms with Crippen molar-refractivity contribution in [2.75, 3.05) is 5.75 Å². The summed E-state index contributed by atoms with van der Waals surface area (Å²) in [6.07, 6.45) is 2.59. The summed E-state index contributed by atoms with van der Waals surface area (Å²) < 4.78 is 1.90. The van der Waals surface area contributed by atoms with E-state index in [1.54, 1.807) is 0 Å². The van der Waals surface area contributed by atoms with Crippen LogP contribution >= 0.6 is 11.8 Å². The Morgan fingerprint density at radius 3 is 3.15 bits per heavy atom. The van der Waals surface area contributed by atoms with E-state index in [4.69, 9.17) is 5.73 Å². The first kappa shape index (κ1) is 9.09. The van der Waals surface area contributed by atoms with Gasteiger partial charge in [0.2, 0.25) is 0 Å². The highest BCUT2D eigenvalue weighted by atomic mass is 32.2. The molecule has 0 spiro atoms. The molecule has 0 amide bonds. The fourth-order valence-electron chi connectivity index (χ4n) is 1.69. The Hall–Kier alpha value is -0.480. The summed E-state index contributed by atoms with van der Waals surface area (Å²) in [5.41, 5.74) is 7.94. The highest BCUT2D eigenvalue weighted by Gasteiger charge is 2.20. The fourth-order valence-corrected chi connectivity index (χ4v) is 2.93. The van der Waals surface area contributed by atoms with Crippen LogP contribution in [0.3, 0.4) is 0 Å². The molecule has 1 fully saturated rings. The van der Waals surface area contributed by atoms with E-state index in [9.17, 15) is 0 Å². The molecular weight excluding hydrogens is 182 g/mol. The summed E-state index contributed by atoms with van der Waals surface area (Å²) in [6.45, 7) is 0.584. The van der Waals surface area contributed by atoms with Crippen LogP contribution in [0, 0.1) is 0 Å². The molecule has 1 aliphatic heterocycles. The van der Waals surface area contributed by atoms with Gasteiger partial charge in [-0.25, -0.2) is 0 Å². The summed E-state index contributed by atoms with van der Waals surface area (Å²) in [5.74, 6) is 1.28. The van der Waals surface area contributed by atoms with Gasteiger partial charge in [0, 0.05) is 18.8 Å². The van der Waals surface area contributed by atoms with Gasteiger partial charge in [-0.15, -0.1) is 0 Å². The van der Waals surface area contributed by atoms with E-state index in [1.165, 1.54) is 24.3 Å². The Bertz CT molecular complexity index is 289. The lowest BCUT2D eigenvalue weighted by atomic mass is 10.2. The highest BCUT2D eigenvalue weighted by Crippen LogP contribution is 2.39. The molecular formula is C9H15N3S. The lowest BCUT2D eigenvalue weighted by Crippen LogP contribution is -2.03.